The summed E-state index contributed by atoms with van der Waals surface area (Å²) in [5.74, 6) is 0. The molecule has 0 aliphatic carbocycles. The molecule has 1 aliphatic rings. The fourth-order valence-electron chi connectivity index (χ4n) is 1.96. The van der Waals surface area contributed by atoms with Crippen LogP contribution in [0.15, 0.2) is 36.9 Å². The Morgan fingerprint density at radius 3 is 3.07 bits per heavy atom. The van der Waals surface area contributed by atoms with Gasteiger partial charge in [0.15, 0.2) is 0 Å². The minimum atomic E-state index is -0.299. The number of nitrogens with zero attached hydrogens (tertiary/aromatic N) is 1. The van der Waals surface area contributed by atoms with E-state index < -0.39 is 0 Å². The highest BCUT2D eigenvalue weighted by atomic mass is 16.3. The summed E-state index contributed by atoms with van der Waals surface area (Å²) in [5.41, 5.74) is 2.19. The number of hydrogen-bond acceptors (Lipinski definition) is 2. The van der Waals surface area contributed by atoms with E-state index in [-0.39, 0.29) is 6.10 Å². The van der Waals surface area contributed by atoms with Crippen LogP contribution in [-0.4, -0.2) is 18.2 Å². The largest absolute Gasteiger partial charge is 0.388 e. The highest BCUT2D eigenvalue weighted by Crippen LogP contribution is 2.32. The SMILES string of the molecule is C=CCN1CCC(O)c2ccccc21. The van der Waals surface area contributed by atoms with Crippen LogP contribution in [0.5, 0.6) is 0 Å². The van der Waals surface area contributed by atoms with Gasteiger partial charge < -0.3 is 10.0 Å². The second-order valence-electron chi connectivity index (χ2n) is 3.60. The number of para-hydroxylation sites is 1. The highest BCUT2D eigenvalue weighted by molar-refractivity contribution is 5.56. The highest BCUT2D eigenvalue weighted by Gasteiger charge is 2.21. The predicted octanol–water partition coefficient (Wildman–Crippen LogP) is 2.12. The summed E-state index contributed by atoms with van der Waals surface area (Å²) >= 11 is 0. The van der Waals surface area contributed by atoms with Crippen molar-refractivity contribution in [2.45, 2.75) is 12.5 Å². The van der Waals surface area contributed by atoms with Gasteiger partial charge in [0, 0.05) is 24.3 Å². The summed E-state index contributed by atoms with van der Waals surface area (Å²) in [6.07, 6.45) is 2.41. The summed E-state index contributed by atoms with van der Waals surface area (Å²) < 4.78 is 0. The molecule has 1 heterocycles. The Morgan fingerprint density at radius 1 is 1.50 bits per heavy atom. The Kier molecular flexibility index (Phi) is 2.55. The van der Waals surface area contributed by atoms with E-state index in [1.165, 1.54) is 0 Å². The molecular weight excluding hydrogens is 174 g/mol. The lowest BCUT2D eigenvalue weighted by molar-refractivity contribution is 0.164. The summed E-state index contributed by atoms with van der Waals surface area (Å²) in [4.78, 5) is 2.25. The quantitative estimate of drug-likeness (QED) is 0.720. The van der Waals surface area contributed by atoms with Crippen LogP contribution in [0.2, 0.25) is 0 Å². The molecule has 0 fully saturated rings. The third-order valence-corrected chi connectivity index (χ3v) is 2.66. The van der Waals surface area contributed by atoms with Crippen molar-refractivity contribution in [1.82, 2.24) is 0 Å². The first-order chi connectivity index (χ1) is 6.83. The minimum Gasteiger partial charge on any atom is -0.388 e. The van der Waals surface area contributed by atoms with Crippen molar-refractivity contribution in [2.24, 2.45) is 0 Å². The maximum absolute atomic E-state index is 9.79. The molecule has 74 valence electrons. The van der Waals surface area contributed by atoms with Gasteiger partial charge in [0.05, 0.1) is 6.10 Å². The first-order valence-corrected chi connectivity index (χ1v) is 4.96. The van der Waals surface area contributed by atoms with E-state index in [4.69, 9.17) is 0 Å². The molecule has 0 spiro atoms. The maximum atomic E-state index is 9.79. The summed E-state index contributed by atoms with van der Waals surface area (Å²) in [6, 6.07) is 8.03. The maximum Gasteiger partial charge on any atom is 0.0826 e. The van der Waals surface area contributed by atoms with Crippen LogP contribution in [-0.2, 0) is 0 Å². The zero-order valence-electron chi connectivity index (χ0n) is 8.19. The molecule has 1 aliphatic heterocycles. The van der Waals surface area contributed by atoms with Crippen molar-refractivity contribution in [3.63, 3.8) is 0 Å². The van der Waals surface area contributed by atoms with Crippen molar-refractivity contribution in [1.29, 1.82) is 0 Å². The fourth-order valence-corrected chi connectivity index (χ4v) is 1.96. The number of benzene rings is 1. The van der Waals surface area contributed by atoms with Gasteiger partial charge in [-0.25, -0.2) is 0 Å². The first kappa shape index (κ1) is 9.28. The molecule has 1 N–H and O–H groups in total. The molecule has 0 saturated heterocycles. The van der Waals surface area contributed by atoms with Gasteiger partial charge in [-0.05, 0) is 12.5 Å². The van der Waals surface area contributed by atoms with Gasteiger partial charge in [-0.3, -0.25) is 0 Å². The van der Waals surface area contributed by atoms with Gasteiger partial charge in [0.25, 0.3) is 0 Å². The second-order valence-corrected chi connectivity index (χ2v) is 3.60. The third kappa shape index (κ3) is 1.53. The van der Waals surface area contributed by atoms with Crippen LogP contribution in [0.3, 0.4) is 0 Å². The van der Waals surface area contributed by atoms with Crippen LogP contribution in [0.25, 0.3) is 0 Å². The summed E-state index contributed by atoms with van der Waals surface area (Å²) in [6.45, 7) is 5.50. The molecule has 2 heteroatoms. The second kappa shape index (κ2) is 3.84. The normalized spacial score (nSPS) is 20.4. The first-order valence-electron chi connectivity index (χ1n) is 4.96. The monoisotopic (exact) mass is 189 g/mol. The van der Waals surface area contributed by atoms with Crippen LogP contribution >= 0.6 is 0 Å². The van der Waals surface area contributed by atoms with Crippen molar-refractivity contribution in [3.8, 4) is 0 Å². The Balaban J connectivity index is 2.36. The molecular formula is C12H15NO. The van der Waals surface area contributed by atoms with Gasteiger partial charge in [0.2, 0.25) is 0 Å². The lowest BCUT2D eigenvalue weighted by atomic mass is 9.99. The lowest BCUT2D eigenvalue weighted by Crippen LogP contribution is -2.31. The average molecular weight is 189 g/mol. The number of fused-ring (bicyclic) bond motifs is 1. The number of anilines is 1. The van der Waals surface area contributed by atoms with Crippen LogP contribution in [0.4, 0.5) is 5.69 Å². The van der Waals surface area contributed by atoms with Crippen LogP contribution in [0.1, 0.15) is 18.1 Å². The Morgan fingerprint density at radius 2 is 2.29 bits per heavy atom. The van der Waals surface area contributed by atoms with E-state index in [2.05, 4.69) is 17.5 Å². The van der Waals surface area contributed by atoms with Gasteiger partial charge in [-0.15, -0.1) is 6.58 Å². The van der Waals surface area contributed by atoms with Gasteiger partial charge >= 0.3 is 0 Å². The average Bonchev–Trinajstić information content (AvgIpc) is 2.23. The van der Waals surface area contributed by atoms with E-state index in [1.54, 1.807) is 0 Å². The smallest absolute Gasteiger partial charge is 0.0826 e. The predicted molar refractivity (Wildman–Crippen MR) is 58.4 cm³/mol. The Bertz CT molecular complexity index is 335. The van der Waals surface area contributed by atoms with E-state index in [1.807, 2.05) is 24.3 Å². The zero-order valence-corrected chi connectivity index (χ0v) is 8.19. The number of aliphatic hydroxyl groups is 1. The topological polar surface area (TPSA) is 23.5 Å². The fraction of sp³-hybridized carbons (Fsp3) is 0.333. The van der Waals surface area contributed by atoms with E-state index in [0.29, 0.717) is 0 Å². The minimum absolute atomic E-state index is 0.299. The van der Waals surface area contributed by atoms with Gasteiger partial charge in [-0.2, -0.15) is 0 Å². The standard InChI is InChI=1S/C12H15NO/c1-2-8-13-9-7-12(14)10-5-3-4-6-11(10)13/h2-6,12,14H,1,7-9H2. The van der Waals surface area contributed by atoms with Crippen molar-refractivity contribution >= 4 is 5.69 Å². The summed E-state index contributed by atoms with van der Waals surface area (Å²) in [7, 11) is 0. The van der Waals surface area contributed by atoms with Gasteiger partial charge in [-0.1, -0.05) is 24.3 Å². The molecule has 0 bridgehead atoms. The Labute approximate surface area is 84.5 Å². The van der Waals surface area contributed by atoms with Gasteiger partial charge in [0.1, 0.15) is 0 Å². The molecule has 1 atom stereocenters. The van der Waals surface area contributed by atoms with E-state index in [9.17, 15) is 5.11 Å². The molecule has 14 heavy (non-hydrogen) atoms. The molecule has 1 aromatic carbocycles. The summed E-state index contributed by atoms with van der Waals surface area (Å²) in [5, 5.41) is 9.79. The molecule has 0 radical (unpaired) electrons. The third-order valence-electron chi connectivity index (χ3n) is 2.66. The number of hydrogen-bond donors (Lipinski definition) is 1. The number of aliphatic hydroxyl groups excluding tert-OH is 1. The van der Waals surface area contributed by atoms with E-state index >= 15 is 0 Å². The molecule has 0 saturated carbocycles. The zero-order chi connectivity index (χ0) is 9.97. The molecule has 2 rings (SSSR count). The van der Waals surface area contributed by atoms with Crippen LogP contribution in [0, 0.1) is 0 Å². The van der Waals surface area contributed by atoms with Crippen molar-refractivity contribution in [2.75, 3.05) is 18.0 Å². The van der Waals surface area contributed by atoms with Crippen molar-refractivity contribution < 1.29 is 5.11 Å². The molecule has 1 aromatic rings. The van der Waals surface area contributed by atoms with Crippen LogP contribution < -0.4 is 4.90 Å². The molecule has 0 amide bonds. The Hall–Kier alpha value is -1.28. The molecule has 2 nitrogen and oxygen atoms in total. The number of rotatable bonds is 2. The van der Waals surface area contributed by atoms with E-state index in [0.717, 1.165) is 30.8 Å². The molecule has 0 aromatic heterocycles. The van der Waals surface area contributed by atoms with Crippen molar-refractivity contribution in [3.05, 3.63) is 42.5 Å². The lowest BCUT2D eigenvalue weighted by Gasteiger charge is -2.32. The molecule has 1 unspecified atom stereocenters.